The second-order valence-corrected chi connectivity index (χ2v) is 8.11. The third kappa shape index (κ3) is 5.55. The van der Waals surface area contributed by atoms with Crippen LogP contribution in [0.2, 0.25) is 0 Å². The van der Waals surface area contributed by atoms with Gasteiger partial charge in [-0.05, 0) is 54.6 Å². The molecule has 0 saturated carbocycles. The van der Waals surface area contributed by atoms with Gasteiger partial charge in [-0.2, -0.15) is 0 Å². The van der Waals surface area contributed by atoms with Crippen LogP contribution in [0, 0.1) is 5.92 Å². The second kappa shape index (κ2) is 9.68. The Morgan fingerprint density at radius 1 is 1.25 bits per heavy atom. The summed E-state index contributed by atoms with van der Waals surface area (Å²) in [5.74, 6) is 1.04. The molecule has 7 heteroatoms. The van der Waals surface area contributed by atoms with E-state index < -0.39 is 0 Å². The van der Waals surface area contributed by atoms with Gasteiger partial charge in [-0.3, -0.25) is 4.79 Å². The quantitative estimate of drug-likeness (QED) is 0.651. The van der Waals surface area contributed by atoms with Crippen molar-refractivity contribution < 1.29 is 4.79 Å². The Morgan fingerprint density at radius 3 is 2.57 bits per heavy atom. The number of rotatable bonds is 6. The van der Waals surface area contributed by atoms with Gasteiger partial charge in [0, 0.05) is 31.4 Å². The summed E-state index contributed by atoms with van der Waals surface area (Å²) in [6, 6.07) is 8.00. The van der Waals surface area contributed by atoms with Gasteiger partial charge in [0.2, 0.25) is 0 Å². The zero-order valence-corrected chi connectivity index (χ0v) is 17.4. The topological polar surface area (TPSA) is 73.1 Å². The van der Waals surface area contributed by atoms with Gasteiger partial charge in [0.15, 0.2) is 5.11 Å². The highest BCUT2D eigenvalue weighted by Crippen LogP contribution is 2.28. The molecule has 1 fully saturated rings. The first-order valence-corrected chi connectivity index (χ1v) is 10.3. The van der Waals surface area contributed by atoms with Crippen molar-refractivity contribution in [2.24, 2.45) is 5.92 Å². The third-order valence-electron chi connectivity index (χ3n) is 5.08. The molecule has 28 heavy (non-hydrogen) atoms. The molecule has 0 unspecified atom stereocenters. The van der Waals surface area contributed by atoms with Crippen molar-refractivity contribution in [3.8, 4) is 0 Å². The fourth-order valence-corrected chi connectivity index (χ4v) is 3.65. The number of carbonyl (C=O) groups excluding carboxylic acids is 1. The first-order chi connectivity index (χ1) is 13.5. The number of aromatic nitrogens is 2. The summed E-state index contributed by atoms with van der Waals surface area (Å²) in [4.78, 5) is 21.5. The maximum Gasteiger partial charge on any atom is 0.251 e. The molecule has 1 aromatic heterocycles. The molecule has 2 heterocycles. The molecule has 0 aliphatic carbocycles. The van der Waals surface area contributed by atoms with E-state index in [0.717, 1.165) is 43.3 Å². The molecule has 1 saturated heterocycles. The molecule has 1 aliphatic heterocycles. The first-order valence-electron chi connectivity index (χ1n) is 9.91. The SMILES string of the molecule is CC(C)CNC(=S)N1CCC(c2ccc(C(=O)NCc3cnc[nH]3)cc2)CC1. The summed E-state index contributed by atoms with van der Waals surface area (Å²) in [5, 5.41) is 7.13. The molecule has 2 aromatic rings. The van der Waals surface area contributed by atoms with Crippen LogP contribution >= 0.6 is 12.2 Å². The van der Waals surface area contributed by atoms with Crippen LogP contribution in [-0.2, 0) is 6.54 Å². The fourth-order valence-electron chi connectivity index (χ4n) is 3.38. The van der Waals surface area contributed by atoms with Crippen LogP contribution in [0.3, 0.4) is 0 Å². The maximum absolute atomic E-state index is 12.3. The van der Waals surface area contributed by atoms with Crippen LogP contribution in [0.15, 0.2) is 36.8 Å². The van der Waals surface area contributed by atoms with Crippen LogP contribution in [0.1, 0.15) is 54.2 Å². The molecule has 3 N–H and O–H groups in total. The average Bonchev–Trinajstić information content (AvgIpc) is 3.24. The fraction of sp³-hybridized carbons (Fsp3) is 0.476. The largest absolute Gasteiger partial charge is 0.362 e. The minimum Gasteiger partial charge on any atom is -0.362 e. The lowest BCUT2D eigenvalue weighted by atomic mass is 9.89. The molecule has 0 atom stereocenters. The van der Waals surface area contributed by atoms with E-state index in [1.54, 1.807) is 12.5 Å². The van der Waals surface area contributed by atoms with E-state index >= 15 is 0 Å². The zero-order chi connectivity index (χ0) is 19.9. The molecular weight excluding hydrogens is 370 g/mol. The van der Waals surface area contributed by atoms with E-state index in [1.807, 2.05) is 12.1 Å². The summed E-state index contributed by atoms with van der Waals surface area (Å²) in [6.07, 6.45) is 5.47. The van der Waals surface area contributed by atoms with Crippen LogP contribution in [0.4, 0.5) is 0 Å². The van der Waals surface area contributed by atoms with E-state index in [1.165, 1.54) is 5.56 Å². The number of nitrogens with one attached hydrogen (secondary N) is 3. The lowest BCUT2D eigenvalue weighted by Crippen LogP contribution is -2.44. The van der Waals surface area contributed by atoms with Gasteiger partial charge in [0.25, 0.3) is 5.91 Å². The maximum atomic E-state index is 12.3. The molecule has 150 valence electrons. The number of amides is 1. The van der Waals surface area contributed by atoms with Gasteiger partial charge in [-0.15, -0.1) is 0 Å². The summed E-state index contributed by atoms with van der Waals surface area (Å²) < 4.78 is 0. The number of imidazole rings is 1. The third-order valence-corrected chi connectivity index (χ3v) is 5.48. The number of thiocarbonyl (C=S) groups is 1. The molecule has 1 aliphatic rings. The number of nitrogens with zero attached hydrogens (tertiary/aromatic N) is 2. The molecule has 3 rings (SSSR count). The Labute approximate surface area is 172 Å². The van der Waals surface area contributed by atoms with Crippen molar-refractivity contribution in [2.75, 3.05) is 19.6 Å². The number of benzene rings is 1. The lowest BCUT2D eigenvalue weighted by Gasteiger charge is -2.34. The number of aromatic amines is 1. The van der Waals surface area contributed by atoms with E-state index in [2.05, 4.69) is 51.5 Å². The number of hydrogen-bond acceptors (Lipinski definition) is 3. The predicted molar refractivity (Wildman–Crippen MR) is 115 cm³/mol. The van der Waals surface area contributed by atoms with Crippen LogP contribution < -0.4 is 10.6 Å². The van der Waals surface area contributed by atoms with Crippen molar-refractivity contribution in [3.63, 3.8) is 0 Å². The summed E-state index contributed by atoms with van der Waals surface area (Å²) in [7, 11) is 0. The Morgan fingerprint density at radius 2 is 1.96 bits per heavy atom. The van der Waals surface area contributed by atoms with Gasteiger partial charge in [-0.25, -0.2) is 4.98 Å². The van der Waals surface area contributed by atoms with E-state index in [4.69, 9.17) is 12.2 Å². The van der Waals surface area contributed by atoms with Crippen molar-refractivity contribution in [1.29, 1.82) is 0 Å². The van der Waals surface area contributed by atoms with Gasteiger partial charge in [0.05, 0.1) is 18.6 Å². The van der Waals surface area contributed by atoms with Crippen molar-refractivity contribution in [1.82, 2.24) is 25.5 Å². The molecule has 0 radical (unpaired) electrons. The Kier molecular flexibility index (Phi) is 7.03. The minimum absolute atomic E-state index is 0.0717. The lowest BCUT2D eigenvalue weighted by molar-refractivity contribution is 0.0950. The normalized spacial score (nSPS) is 14.9. The van der Waals surface area contributed by atoms with Gasteiger partial charge >= 0.3 is 0 Å². The highest BCUT2D eigenvalue weighted by molar-refractivity contribution is 7.80. The molecule has 1 amide bonds. The van der Waals surface area contributed by atoms with Crippen molar-refractivity contribution in [2.45, 2.75) is 39.2 Å². The number of likely N-dealkylation sites (tertiary alicyclic amines) is 1. The Hall–Kier alpha value is -2.41. The number of carbonyl (C=O) groups is 1. The van der Waals surface area contributed by atoms with Gasteiger partial charge in [-0.1, -0.05) is 26.0 Å². The molecule has 6 nitrogen and oxygen atoms in total. The van der Waals surface area contributed by atoms with E-state index in [0.29, 0.717) is 23.9 Å². The molecular formula is C21H29N5OS. The monoisotopic (exact) mass is 399 g/mol. The number of piperidine rings is 1. The van der Waals surface area contributed by atoms with Gasteiger partial charge in [0.1, 0.15) is 0 Å². The average molecular weight is 400 g/mol. The van der Waals surface area contributed by atoms with Gasteiger partial charge < -0.3 is 20.5 Å². The number of hydrogen-bond donors (Lipinski definition) is 3. The van der Waals surface area contributed by atoms with Crippen molar-refractivity contribution in [3.05, 3.63) is 53.6 Å². The van der Waals surface area contributed by atoms with E-state index in [9.17, 15) is 4.79 Å². The second-order valence-electron chi connectivity index (χ2n) is 7.72. The highest BCUT2D eigenvalue weighted by Gasteiger charge is 2.22. The zero-order valence-electron chi connectivity index (χ0n) is 16.6. The van der Waals surface area contributed by atoms with Crippen LogP contribution in [0.25, 0.3) is 0 Å². The Balaban J connectivity index is 1.47. The van der Waals surface area contributed by atoms with Crippen LogP contribution in [0.5, 0.6) is 0 Å². The summed E-state index contributed by atoms with van der Waals surface area (Å²) >= 11 is 5.51. The highest BCUT2D eigenvalue weighted by atomic mass is 32.1. The Bertz CT molecular complexity index is 765. The molecule has 1 aromatic carbocycles. The predicted octanol–water partition coefficient (Wildman–Crippen LogP) is 3.05. The first kappa shape index (κ1) is 20.3. The summed E-state index contributed by atoms with van der Waals surface area (Å²) in [6.45, 7) is 7.68. The molecule has 0 spiro atoms. The van der Waals surface area contributed by atoms with Crippen LogP contribution in [-0.4, -0.2) is 45.5 Å². The minimum atomic E-state index is -0.0717. The van der Waals surface area contributed by atoms with E-state index in [-0.39, 0.29) is 5.91 Å². The number of H-pyrrole nitrogens is 1. The van der Waals surface area contributed by atoms with Crippen molar-refractivity contribution >= 4 is 23.2 Å². The summed E-state index contributed by atoms with van der Waals surface area (Å²) in [5.41, 5.74) is 2.86. The molecule has 0 bridgehead atoms. The smallest absolute Gasteiger partial charge is 0.251 e. The standard InChI is InChI=1S/C21H29N5OS/c1-15(2)11-24-21(28)26-9-7-17(8-10-26)16-3-5-18(6-4-16)20(27)23-13-19-12-22-14-25-19/h3-6,12,14-15,17H,7-11,13H2,1-2H3,(H,22,25)(H,23,27)(H,24,28).